The molecule has 0 unspecified atom stereocenters. The van der Waals surface area contributed by atoms with Crippen LogP contribution in [0.25, 0.3) is 0 Å². The molecule has 0 rings (SSSR count). The molecule has 0 saturated heterocycles. The zero-order valence-electron chi connectivity index (χ0n) is 8.59. The number of hydrogen-bond acceptors (Lipinski definition) is 1. The molecule has 0 amide bonds. The Hall–Kier alpha value is 1.25. The van der Waals surface area contributed by atoms with Gasteiger partial charge in [0, 0.05) is 13.3 Å². The maximum Gasteiger partial charge on any atom is 0.132 e. The molecule has 0 bridgehead atoms. The molecule has 16 heavy (non-hydrogen) atoms. The van der Waals surface area contributed by atoms with Crippen LogP contribution in [0.3, 0.4) is 0 Å². The standard InChI is InChI=1S/C8H11Cl4OSi3/c1-13-6-16(4-2-14-7(9)10)5-3-15-8(11)12/h2-5,7-8H,6H2,1H3. The van der Waals surface area contributed by atoms with Crippen LogP contribution < -0.4 is 0 Å². The quantitative estimate of drug-likeness (QED) is 0.484. The Morgan fingerprint density at radius 3 is 1.81 bits per heavy atom. The minimum Gasteiger partial charge on any atom is -0.387 e. The van der Waals surface area contributed by atoms with E-state index in [2.05, 4.69) is 11.4 Å². The van der Waals surface area contributed by atoms with E-state index >= 15 is 0 Å². The maximum absolute atomic E-state index is 5.64. The molecule has 0 aliphatic carbocycles. The van der Waals surface area contributed by atoms with Gasteiger partial charge in [-0.25, -0.2) is 0 Å². The van der Waals surface area contributed by atoms with Crippen LogP contribution in [0.4, 0.5) is 0 Å². The summed E-state index contributed by atoms with van der Waals surface area (Å²) in [6.45, 7) is 0. The van der Waals surface area contributed by atoms with Crippen LogP contribution in [-0.2, 0) is 4.74 Å². The van der Waals surface area contributed by atoms with Crippen LogP contribution in [0.5, 0.6) is 0 Å². The van der Waals surface area contributed by atoms with Crippen LogP contribution >= 0.6 is 46.4 Å². The van der Waals surface area contributed by atoms with Crippen molar-refractivity contribution in [3.63, 3.8) is 0 Å². The predicted octanol–water partition coefficient (Wildman–Crippen LogP) is 2.70. The number of halogens is 4. The van der Waals surface area contributed by atoms with Crippen molar-refractivity contribution >= 4 is 74.2 Å². The molecule has 1 nitrogen and oxygen atoms in total. The third kappa shape index (κ3) is 11.7. The minimum atomic E-state index is -0.791. The second-order valence-corrected chi connectivity index (χ2v) is 10.9. The minimum absolute atomic E-state index is 0.317. The van der Waals surface area contributed by atoms with Gasteiger partial charge in [0.2, 0.25) is 0 Å². The van der Waals surface area contributed by atoms with E-state index in [1.165, 1.54) is 0 Å². The van der Waals surface area contributed by atoms with Gasteiger partial charge in [-0.2, -0.15) is 0 Å². The Bertz CT molecular complexity index is 203. The van der Waals surface area contributed by atoms with Gasteiger partial charge >= 0.3 is 0 Å². The third-order valence-electron chi connectivity index (χ3n) is 1.35. The zero-order chi connectivity index (χ0) is 12.4. The summed E-state index contributed by atoms with van der Waals surface area (Å²) >= 11 is 22.6. The van der Waals surface area contributed by atoms with E-state index in [1.807, 2.05) is 11.4 Å². The summed E-state index contributed by atoms with van der Waals surface area (Å²) < 4.78 is 4.50. The fraction of sp³-hybridized carbons (Fsp3) is 0.500. The smallest absolute Gasteiger partial charge is 0.132 e. The lowest BCUT2D eigenvalue weighted by atomic mass is 11.2. The number of hydrogen-bond donors (Lipinski definition) is 0. The Morgan fingerprint density at radius 2 is 1.50 bits per heavy atom. The number of methoxy groups -OCH3 is 1. The van der Waals surface area contributed by atoms with Crippen molar-refractivity contribution in [1.29, 1.82) is 0 Å². The highest BCUT2D eigenvalue weighted by molar-refractivity contribution is 6.76. The fourth-order valence-corrected chi connectivity index (χ4v) is 5.06. The van der Waals surface area contributed by atoms with Gasteiger partial charge in [0.15, 0.2) is 0 Å². The Kier molecular flexibility index (Phi) is 12.2. The summed E-state index contributed by atoms with van der Waals surface area (Å²) in [5.74, 6) is 0. The van der Waals surface area contributed by atoms with Gasteiger partial charge in [-0.1, -0.05) is 11.4 Å². The van der Waals surface area contributed by atoms with Gasteiger partial charge in [0.25, 0.3) is 0 Å². The fourth-order valence-electron chi connectivity index (χ4n) is 0.774. The van der Waals surface area contributed by atoms with Crippen molar-refractivity contribution in [2.24, 2.45) is 0 Å². The molecule has 0 fully saturated rings. The molecule has 89 valence electrons. The third-order valence-corrected chi connectivity index (χ3v) is 6.56. The Morgan fingerprint density at radius 1 is 1.06 bits per heavy atom. The molecule has 0 aromatic carbocycles. The van der Waals surface area contributed by atoms with Crippen LogP contribution in [-0.4, -0.2) is 50.1 Å². The number of ether oxygens (including phenoxy) is 1. The van der Waals surface area contributed by atoms with E-state index in [-0.39, 0.29) is 8.92 Å². The number of rotatable bonds is 8. The molecule has 0 atom stereocenters. The molecule has 0 N–H and O–H groups in total. The molecule has 0 aliphatic heterocycles. The highest BCUT2D eigenvalue weighted by Gasteiger charge is 2.04. The summed E-state index contributed by atoms with van der Waals surface area (Å²) in [5, 5.41) is 0. The molecule has 0 aromatic heterocycles. The lowest BCUT2D eigenvalue weighted by Crippen LogP contribution is -2.16. The summed E-state index contributed by atoms with van der Waals surface area (Å²) in [7, 11) is 1.74. The maximum atomic E-state index is 5.64. The Labute approximate surface area is 123 Å². The summed E-state index contributed by atoms with van der Waals surface area (Å²) in [5.41, 5.74) is 8.29. The van der Waals surface area contributed by atoms with E-state index < -0.39 is 8.80 Å². The van der Waals surface area contributed by atoms with Gasteiger partial charge < -0.3 is 4.74 Å². The molecule has 0 saturated carbocycles. The van der Waals surface area contributed by atoms with Crippen molar-refractivity contribution in [3.8, 4) is 0 Å². The van der Waals surface area contributed by atoms with Crippen molar-refractivity contribution in [3.05, 3.63) is 22.8 Å². The van der Waals surface area contributed by atoms with Crippen LogP contribution in [0.15, 0.2) is 22.8 Å². The normalized spacial score (nSPS) is 13.0. The molecule has 8 heteroatoms. The highest BCUT2D eigenvalue weighted by Crippen LogP contribution is 2.01. The number of alkyl halides is 4. The largest absolute Gasteiger partial charge is 0.387 e. The molecular weight excluding hydrogens is 338 g/mol. The molecular formula is C8H11Cl4OSi3. The van der Waals surface area contributed by atoms with Gasteiger partial charge in [-0.3, -0.25) is 0 Å². The van der Waals surface area contributed by atoms with E-state index in [4.69, 9.17) is 51.1 Å². The van der Waals surface area contributed by atoms with Gasteiger partial charge in [-0.15, -0.1) is 57.8 Å². The van der Waals surface area contributed by atoms with E-state index in [0.717, 1.165) is 6.23 Å². The predicted molar refractivity (Wildman–Crippen MR) is 78.4 cm³/mol. The molecule has 0 aliphatic rings. The first-order chi connectivity index (χ1) is 7.56. The summed E-state index contributed by atoms with van der Waals surface area (Å²) in [6, 6.07) is 0. The van der Waals surface area contributed by atoms with Crippen molar-refractivity contribution in [2.75, 3.05) is 13.3 Å². The first-order valence-electron chi connectivity index (χ1n) is 4.32. The second-order valence-electron chi connectivity index (χ2n) is 2.61. The van der Waals surface area contributed by atoms with E-state index in [1.54, 1.807) is 7.11 Å². The van der Waals surface area contributed by atoms with Crippen LogP contribution in [0.2, 0.25) is 0 Å². The zero-order valence-corrected chi connectivity index (χ0v) is 14.6. The average molecular weight is 349 g/mol. The van der Waals surface area contributed by atoms with Gasteiger partial charge in [-0.05, 0) is 0 Å². The average Bonchev–Trinajstić information content (AvgIpc) is 2.16. The second kappa shape index (κ2) is 11.3. The molecule has 5 radical (unpaired) electrons. The van der Waals surface area contributed by atoms with E-state index in [0.29, 0.717) is 19.0 Å². The van der Waals surface area contributed by atoms with Gasteiger partial charge in [0.1, 0.15) is 27.8 Å². The SMILES string of the molecule is COC[Si](C=C[Si]C(Cl)Cl)C=C[Si]C(Cl)Cl. The van der Waals surface area contributed by atoms with Gasteiger partial charge in [0.05, 0.1) is 8.92 Å². The first-order valence-corrected chi connectivity index (χ1v) is 10.2. The lowest BCUT2D eigenvalue weighted by molar-refractivity contribution is 0.250. The first kappa shape index (κ1) is 17.3. The Balaban J connectivity index is 4.05. The lowest BCUT2D eigenvalue weighted by Gasteiger charge is -2.03. The molecule has 0 aromatic rings. The summed E-state index contributed by atoms with van der Waals surface area (Å²) in [4.78, 5) is 0. The highest BCUT2D eigenvalue weighted by atomic mass is 35.5. The topological polar surface area (TPSA) is 9.23 Å². The van der Waals surface area contributed by atoms with Crippen molar-refractivity contribution < 1.29 is 4.74 Å². The van der Waals surface area contributed by atoms with E-state index in [9.17, 15) is 0 Å². The van der Waals surface area contributed by atoms with Crippen molar-refractivity contribution in [2.45, 2.75) is 8.92 Å². The van der Waals surface area contributed by atoms with Crippen LogP contribution in [0, 0.1) is 0 Å². The molecule has 0 spiro atoms. The van der Waals surface area contributed by atoms with Crippen LogP contribution in [0.1, 0.15) is 0 Å². The summed E-state index contributed by atoms with van der Waals surface area (Å²) in [6.07, 6.45) is 0.719. The van der Waals surface area contributed by atoms with Crippen molar-refractivity contribution in [1.82, 2.24) is 0 Å². The monoisotopic (exact) mass is 347 g/mol. The molecule has 0 heterocycles.